The summed E-state index contributed by atoms with van der Waals surface area (Å²) in [5.41, 5.74) is 2.99. The molecule has 1 aliphatic carbocycles. The smallest absolute Gasteiger partial charge is 0.253 e. The van der Waals surface area contributed by atoms with Crippen LogP contribution >= 0.6 is 0 Å². The molecule has 2 N–H and O–H groups in total. The third kappa shape index (κ3) is 2.58. The second kappa shape index (κ2) is 5.14. The maximum Gasteiger partial charge on any atom is 0.253 e. The van der Waals surface area contributed by atoms with E-state index in [1.807, 2.05) is 19.9 Å². The molecule has 1 unspecified atom stereocenters. The Balaban J connectivity index is 2.08. The number of hydrogen-bond donors (Lipinski definition) is 2. The molecule has 4 heteroatoms. The molecule has 4 nitrogen and oxygen atoms in total. The lowest BCUT2D eigenvalue weighted by Crippen LogP contribution is -2.29. The highest BCUT2D eigenvalue weighted by Gasteiger charge is 2.28. The Morgan fingerprint density at radius 1 is 1.56 bits per heavy atom. The summed E-state index contributed by atoms with van der Waals surface area (Å²) < 4.78 is 2.27. The van der Waals surface area contributed by atoms with Crippen LogP contribution in [0.2, 0.25) is 0 Å². The summed E-state index contributed by atoms with van der Waals surface area (Å²) in [6.45, 7) is 6.59. The molecular weight excluding hydrogens is 228 g/mol. The van der Waals surface area contributed by atoms with Crippen LogP contribution in [0.25, 0.3) is 0 Å². The van der Waals surface area contributed by atoms with Gasteiger partial charge in [0.15, 0.2) is 0 Å². The Labute approximate surface area is 108 Å². The topological polar surface area (TPSA) is 54.3 Å². The van der Waals surface area contributed by atoms with E-state index in [4.69, 9.17) is 5.11 Å². The minimum absolute atomic E-state index is 0.0321. The van der Waals surface area contributed by atoms with Gasteiger partial charge in [0.1, 0.15) is 0 Å². The minimum Gasteiger partial charge on any atom is -0.396 e. The van der Waals surface area contributed by atoms with E-state index < -0.39 is 0 Å². The first-order valence-electron chi connectivity index (χ1n) is 6.62. The van der Waals surface area contributed by atoms with Gasteiger partial charge in [0.2, 0.25) is 0 Å². The molecule has 0 bridgehead atoms. The molecule has 1 heterocycles. The van der Waals surface area contributed by atoms with Crippen LogP contribution in [0.15, 0.2) is 6.07 Å². The van der Waals surface area contributed by atoms with Crippen LogP contribution in [0.3, 0.4) is 0 Å². The molecule has 2 rings (SSSR count). The molecular formula is C14H22N2O2. The molecule has 0 saturated heterocycles. The second-order valence-corrected chi connectivity index (χ2v) is 5.38. The van der Waals surface area contributed by atoms with Crippen molar-refractivity contribution in [2.75, 3.05) is 13.2 Å². The molecule has 0 radical (unpaired) electrons. The average Bonchev–Trinajstić information content (AvgIpc) is 3.12. The Morgan fingerprint density at radius 3 is 2.78 bits per heavy atom. The standard InChI is InChI=1S/C14H22N2O2/c1-9(8-17)7-15-14(18)13-6-10(2)16(11(13)3)12-4-5-12/h6,9,12,17H,4-5,7-8H2,1-3H3,(H,15,18). The second-order valence-electron chi connectivity index (χ2n) is 5.38. The number of aromatic nitrogens is 1. The minimum atomic E-state index is -0.0321. The van der Waals surface area contributed by atoms with Gasteiger partial charge in [-0.15, -0.1) is 0 Å². The lowest BCUT2D eigenvalue weighted by atomic mass is 10.2. The van der Waals surface area contributed by atoms with Crippen molar-refractivity contribution in [1.82, 2.24) is 9.88 Å². The fourth-order valence-electron chi connectivity index (χ4n) is 2.33. The number of aryl methyl sites for hydroxylation is 1. The number of rotatable bonds is 5. The number of hydrogen-bond acceptors (Lipinski definition) is 2. The number of nitrogens with one attached hydrogen (secondary N) is 1. The van der Waals surface area contributed by atoms with Crippen LogP contribution in [0.4, 0.5) is 0 Å². The first-order valence-corrected chi connectivity index (χ1v) is 6.62. The summed E-state index contributed by atoms with van der Waals surface area (Å²) in [6, 6.07) is 2.56. The predicted octanol–water partition coefficient (Wildman–Crippen LogP) is 1.80. The van der Waals surface area contributed by atoms with Gasteiger partial charge in [0.25, 0.3) is 5.91 Å². The average molecular weight is 250 g/mol. The van der Waals surface area contributed by atoms with Crippen molar-refractivity contribution < 1.29 is 9.90 Å². The number of amides is 1. The lowest BCUT2D eigenvalue weighted by molar-refractivity contribution is 0.0941. The number of aliphatic hydroxyl groups is 1. The molecule has 1 aromatic heterocycles. The van der Waals surface area contributed by atoms with E-state index in [0.717, 1.165) is 17.0 Å². The van der Waals surface area contributed by atoms with Gasteiger partial charge < -0.3 is 15.0 Å². The maximum absolute atomic E-state index is 12.1. The largest absolute Gasteiger partial charge is 0.396 e. The van der Waals surface area contributed by atoms with Crippen LogP contribution in [0.1, 0.15) is 47.6 Å². The summed E-state index contributed by atoms with van der Waals surface area (Å²) in [5.74, 6) is 0.0659. The Hall–Kier alpha value is -1.29. The Kier molecular flexibility index (Phi) is 3.76. The van der Waals surface area contributed by atoms with Crippen LogP contribution in [0, 0.1) is 19.8 Å². The van der Waals surface area contributed by atoms with E-state index >= 15 is 0 Å². The third-order valence-electron chi connectivity index (χ3n) is 3.56. The van der Waals surface area contributed by atoms with E-state index in [1.165, 1.54) is 12.8 Å². The first-order chi connectivity index (χ1) is 8.54. The molecule has 18 heavy (non-hydrogen) atoms. The van der Waals surface area contributed by atoms with Crippen LogP contribution in [0.5, 0.6) is 0 Å². The van der Waals surface area contributed by atoms with E-state index in [-0.39, 0.29) is 18.4 Å². The van der Waals surface area contributed by atoms with E-state index in [0.29, 0.717) is 12.6 Å². The molecule has 1 aromatic rings. The van der Waals surface area contributed by atoms with Crippen molar-refractivity contribution in [2.45, 2.75) is 39.7 Å². The van der Waals surface area contributed by atoms with Gasteiger partial charge in [0.05, 0.1) is 5.56 Å². The van der Waals surface area contributed by atoms with Crippen molar-refractivity contribution in [2.24, 2.45) is 5.92 Å². The van der Waals surface area contributed by atoms with Gasteiger partial charge in [-0.25, -0.2) is 0 Å². The maximum atomic E-state index is 12.1. The highest BCUT2D eigenvalue weighted by atomic mass is 16.3. The molecule has 1 saturated carbocycles. The van der Waals surface area contributed by atoms with Crippen molar-refractivity contribution in [3.63, 3.8) is 0 Å². The molecule has 1 amide bonds. The fourth-order valence-corrected chi connectivity index (χ4v) is 2.33. The van der Waals surface area contributed by atoms with Gasteiger partial charge in [-0.1, -0.05) is 6.92 Å². The number of carbonyl (C=O) groups is 1. The molecule has 100 valence electrons. The van der Waals surface area contributed by atoms with Gasteiger partial charge in [0, 0.05) is 30.6 Å². The number of aliphatic hydroxyl groups excluding tert-OH is 1. The molecule has 0 aliphatic heterocycles. The zero-order valence-corrected chi connectivity index (χ0v) is 11.4. The number of nitrogens with zero attached hydrogens (tertiary/aromatic N) is 1. The van der Waals surface area contributed by atoms with Crippen LogP contribution in [-0.4, -0.2) is 28.7 Å². The van der Waals surface area contributed by atoms with Gasteiger partial charge in [-0.05, 0) is 38.7 Å². The monoisotopic (exact) mass is 250 g/mol. The third-order valence-corrected chi connectivity index (χ3v) is 3.56. The van der Waals surface area contributed by atoms with Gasteiger partial charge >= 0.3 is 0 Å². The van der Waals surface area contributed by atoms with Crippen molar-refractivity contribution in [1.29, 1.82) is 0 Å². The summed E-state index contributed by atoms with van der Waals surface area (Å²) in [5, 5.41) is 11.8. The summed E-state index contributed by atoms with van der Waals surface area (Å²) in [4.78, 5) is 12.1. The fraction of sp³-hybridized carbons (Fsp3) is 0.643. The van der Waals surface area contributed by atoms with E-state index in [1.54, 1.807) is 0 Å². The van der Waals surface area contributed by atoms with Crippen LogP contribution < -0.4 is 5.32 Å². The molecule has 1 atom stereocenters. The zero-order chi connectivity index (χ0) is 13.3. The van der Waals surface area contributed by atoms with Crippen LogP contribution in [-0.2, 0) is 0 Å². The number of carbonyl (C=O) groups excluding carboxylic acids is 1. The molecule has 1 aliphatic rings. The molecule has 1 fully saturated rings. The Bertz CT molecular complexity index is 447. The highest BCUT2D eigenvalue weighted by molar-refractivity contribution is 5.95. The Morgan fingerprint density at radius 2 is 2.22 bits per heavy atom. The van der Waals surface area contributed by atoms with Crippen molar-refractivity contribution in [3.8, 4) is 0 Å². The normalized spacial score (nSPS) is 16.7. The van der Waals surface area contributed by atoms with Gasteiger partial charge in [-0.2, -0.15) is 0 Å². The van der Waals surface area contributed by atoms with E-state index in [2.05, 4.69) is 16.8 Å². The molecule has 0 aromatic carbocycles. The zero-order valence-electron chi connectivity index (χ0n) is 11.4. The van der Waals surface area contributed by atoms with Gasteiger partial charge in [-0.3, -0.25) is 4.79 Å². The van der Waals surface area contributed by atoms with E-state index in [9.17, 15) is 4.79 Å². The molecule has 0 spiro atoms. The first kappa shape index (κ1) is 13.1. The van der Waals surface area contributed by atoms with Crippen molar-refractivity contribution in [3.05, 3.63) is 23.0 Å². The highest BCUT2D eigenvalue weighted by Crippen LogP contribution is 2.38. The lowest BCUT2D eigenvalue weighted by Gasteiger charge is -2.10. The summed E-state index contributed by atoms with van der Waals surface area (Å²) >= 11 is 0. The predicted molar refractivity (Wildman–Crippen MR) is 70.8 cm³/mol. The quantitative estimate of drug-likeness (QED) is 0.837. The SMILES string of the molecule is Cc1cc(C(=O)NCC(C)CO)c(C)n1C1CC1. The van der Waals surface area contributed by atoms with Crippen molar-refractivity contribution >= 4 is 5.91 Å². The summed E-state index contributed by atoms with van der Waals surface area (Å²) in [7, 11) is 0. The summed E-state index contributed by atoms with van der Waals surface area (Å²) in [6.07, 6.45) is 2.44.